The predicted molar refractivity (Wildman–Crippen MR) is 73.7 cm³/mol. The van der Waals surface area contributed by atoms with Crippen molar-refractivity contribution in [3.05, 3.63) is 28.8 Å². The van der Waals surface area contributed by atoms with Crippen molar-refractivity contribution < 1.29 is 9.90 Å². The number of rotatable bonds is 5. The van der Waals surface area contributed by atoms with Crippen LogP contribution >= 0.6 is 11.6 Å². The summed E-state index contributed by atoms with van der Waals surface area (Å²) in [5.74, 6) is 0.121. The molecule has 0 heterocycles. The summed E-state index contributed by atoms with van der Waals surface area (Å²) in [6.45, 7) is 3.98. The lowest BCUT2D eigenvalue weighted by Gasteiger charge is -2.18. The number of carbonyl (C=O) groups excluding carboxylic acids is 1. The summed E-state index contributed by atoms with van der Waals surface area (Å²) in [5, 5.41) is 12.4. The number of amides is 1. The summed E-state index contributed by atoms with van der Waals surface area (Å²) in [6.07, 6.45) is 0.721. The molecule has 0 bridgehead atoms. The SMILES string of the molecule is CC(C)CC(CO)NC(=O)c1cc(N)cc(Cl)c1. The van der Waals surface area contributed by atoms with Crippen molar-refractivity contribution in [2.75, 3.05) is 12.3 Å². The summed E-state index contributed by atoms with van der Waals surface area (Å²) >= 11 is 5.84. The number of carbonyl (C=O) groups is 1. The van der Waals surface area contributed by atoms with E-state index in [1.807, 2.05) is 13.8 Å². The average molecular weight is 271 g/mol. The van der Waals surface area contributed by atoms with Crippen molar-refractivity contribution in [1.82, 2.24) is 5.32 Å². The molecule has 0 radical (unpaired) electrons. The van der Waals surface area contributed by atoms with Gasteiger partial charge in [0, 0.05) is 16.3 Å². The molecule has 0 aliphatic carbocycles. The zero-order valence-corrected chi connectivity index (χ0v) is 11.4. The molecule has 1 aromatic rings. The van der Waals surface area contributed by atoms with Crippen molar-refractivity contribution in [3.8, 4) is 0 Å². The van der Waals surface area contributed by atoms with Gasteiger partial charge in [-0.05, 0) is 30.5 Å². The molecular weight excluding hydrogens is 252 g/mol. The third kappa shape index (κ3) is 4.55. The molecule has 1 unspecified atom stereocenters. The second-order valence-corrected chi connectivity index (χ2v) is 5.19. The van der Waals surface area contributed by atoms with E-state index < -0.39 is 0 Å². The zero-order chi connectivity index (χ0) is 13.7. The van der Waals surface area contributed by atoms with E-state index in [0.29, 0.717) is 22.2 Å². The molecule has 0 spiro atoms. The minimum Gasteiger partial charge on any atom is -0.399 e. The van der Waals surface area contributed by atoms with Crippen LogP contribution < -0.4 is 11.1 Å². The normalized spacial score (nSPS) is 12.5. The fraction of sp³-hybridized carbons (Fsp3) is 0.462. The van der Waals surface area contributed by atoms with Gasteiger partial charge in [0.1, 0.15) is 0 Å². The predicted octanol–water partition coefficient (Wildman–Crippen LogP) is 2.06. The Balaban J connectivity index is 2.74. The van der Waals surface area contributed by atoms with Gasteiger partial charge in [0.15, 0.2) is 0 Å². The lowest BCUT2D eigenvalue weighted by Crippen LogP contribution is -2.38. The number of hydrogen-bond donors (Lipinski definition) is 3. The van der Waals surface area contributed by atoms with Gasteiger partial charge in [-0.2, -0.15) is 0 Å². The molecule has 0 aromatic heterocycles. The Morgan fingerprint density at radius 1 is 1.44 bits per heavy atom. The van der Waals surface area contributed by atoms with Crippen LogP contribution in [0.25, 0.3) is 0 Å². The number of aliphatic hydroxyl groups excluding tert-OH is 1. The van der Waals surface area contributed by atoms with Crippen molar-refractivity contribution in [2.45, 2.75) is 26.3 Å². The standard InChI is InChI=1S/C13H19ClN2O2/c1-8(2)3-12(7-17)16-13(18)9-4-10(14)6-11(15)5-9/h4-6,8,12,17H,3,7,15H2,1-2H3,(H,16,18). The highest BCUT2D eigenvalue weighted by Crippen LogP contribution is 2.17. The van der Waals surface area contributed by atoms with Crippen molar-refractivity contribution in [3.63, 3.8) is 0 Å². The van der Waals surface area contributed by atoms with E-state index in [0.717, 1.165) is 6.42 Å². The van der Waals surface area contributed by atoms with Gasteiger partial charge in [-0.15, -0.1) is 0 Å². The van der Waals surface area contributed by atoms with Gasteiger partial charge >= 0.3 is 0 Å². The molecule has 0 aliphatic heterocycles. The van der Waals surface area contributed by atoms with E-state index in [2.05, 4.69) is 5.32 Å². The maximum absolute atomic E-state index is 12.0. The first-order valence-electron chi connectivity index (χ1n) is 5.90. The molecule has 18 heavy (non-hydrogen) atoms. The first-order chi connectivity index (χ1) is 8.42. The highest BCUT2D eigenvalue weighted by molar-refractivity contribution is 6.31. The molecule has 5 heteroatoms. The van der Waals surface area contributed by atoms with Crippen molar-refractivity contribution in [2.24, 2.45) is 5.92 Å². The quantitative estimate of drug-likeness (QED) is 0.717. The Kier molecular flexibility index (Phi) is 5.44. The minimum atomic E-state index is -0.274. The van der Waals surface area contributed by atoms with Crippen LogP contribution in [0.3, 0.4) is 0 Å². The number of anilines is 1. The number of nitrogens with two attached hydrogens (primary N) is 1. The fourth-order valence-corrected chi connectivity index (χ4v) is 2.00. The van der Waals surface area contributed by atoms with Crippen molar-refractivity contribution in [1.29, 1.82) is 0 Å². The smallest absolute Gasteiger partial charge is 0.251 e. The number of nitrogens with one attached hydrogen (secondary N) is 1. The van der Waals surface area contributed by atoms with E-state index in [-0.39, 0.29) is 18.6 Å². The lowest BCUT2D eigenvalue weighted by molar-refractivity contribution is 0.0908. The summed E-state index contributed by atoms with van der Waals surface area (Å²) in [7, 11) is 0. The molecule has 4 nitrogen and oxygen atoms in total. The van der Waals surface area contributed by atoms with Crippen LogP contribution in [-0.2, 0) is 0 Å². The Bertz CT molecular complexity index is 401. The molecule has 0 saturated heterocycles. The maximum atomic E-state index is 12.0. The molecule has 1 atom stereocenters. The molecule has 0 aliphatic rings. The van der Waals surface area contributed by atoms with E-state index >= 15 is 0 Å². The second kappa shape index (κ2) is 6.61. The van der Waals surface area contributed by atoms with Crippen LogP contribution in [-0.4, -0.2) is 23.7 Å². The molecule has 1 amide bonds. The van der Waals surface area contributed by atoms with Gasteiger partial charge in [-0.1, -0.05) is 25.4 Å². The van der Waals surface area contributed by atoms with E-state index in [4.69, 9.17) is 17.3 Å². The number of nitrogen functional groups attached to an aromatic ring is 1. The monoisotopic (exact) mass is 270 g/mol. The van der Waals surface area contributed by atoms with Crippen LogP contribution in [0.2, 0.25) is 5.02 Å². The van der Waals surface area contributed by atoms with Crippen LogP contribution in [0.15, 0.2) is 18.2 Å². The van der Waals surface area contributed by atoms with Crippen LogP contribution in [0, 0.1) is 5.92 Å². The third-order valence-electron chi connectivity index (χ3n) is 2.49. The third-order valence-corrected chi connectivity index (χ3v) is 2.71. The topological polar surface area (TPSA) is 75.3 Å². The molecule has 0 fully saturated rings. The largest absolute Gasteiger partial charge is 0.399 e. The maximum Gasteiger partial charge on any atom is 0.251 e. The Labute approximate surface area is 112 Å². The summed E-state index contributed by atoms with van der Waals surface area (Å²) in [4.78, 5) is 12.0. The zero-order valence-electron chi connectivity index (χ0n) is 10.6. The van der Waals surface area contributed by atoms with E-state index in [1.54, 1.807) is 18.2 Å². The number of aliphatic hydroxyl groups is 1. The summed E-state index contributed by atoms with van der Waals surface area (Å²) in [6, 6.07) is 4.44. The van der Waals surface area contributed by atoms with Gasteiger partial charge in [-0.3, -0.25) is 4.79 Å². The first kappa shape index (κ1) is 14.8. The van der Waals surface area contributed by atoms with Crippen LogP contribution in [0.5, 0.6) is 0 Å². The number of hydrogen-bond acceptors (Lipinski definition) is 3. The Morgan fingerprint density at radius 3 is 2.61 bits per heavy atom. The highest BCUT2D eigenvalue weighted by atomic mass is 35.5. The van der Waals surface area contributed by atoms with Gasteiger partial charge < -0.3 is 16.2 Å². The van der Waals surface area contributed by atoms with Gasteiger partial charge in [-0.25, -0.2) is 0 Å². The van der Waals surface area contributed by atoms with Crippen LogP contribution in [0.1, 0.15) is 30.6 Å². The molecule has 4 N–H and O–H groups in total. The number of benzene rings is 1. The van der Waals surface area contributed by atoms with Crippen molar-refractivity contribution >= 4 is 23.2 Å². The minimum absolute atomic E-state index is 0.0834. The Hall–Kier alpha value is -1.26. The summed E-state index contributed by atoms with van der Waals surface area (Å²) < 4.78 is 0. The van der Waals surface area contributed by atoms with Gasteiger partial charge in [0.05, 0.1) is 12.6 Å². The van der Waals surface area contributed by atoms with Crippen LogP contribution in [0.4, 0.5) is 5.69 Å². The molecule has 0 saturated carbocycles. The van der Waals surface area contributed by atoms with E-state index in [1.165, 1.54) is 0 Å². The van der Waals surface area contributed by atoms with Gasteiger partial charge in [0.25, 0.3) is 5.91 Å². The summed E-state index contributed by atoms with van der Waals surface area (Å²) in [5.41, 5.74) is 6.47. The molecule has 100 valence electrons. The van der Waals surface area contributed by atoms with Gasteiger partial charge in [0.2, 0.25) is 0 Å². The first-order valence-corrected chi connectivity index (χ1v) is 6.28. The Morgan fingerprint density at radius 2 is 2.11 bits per heavy atom. The number of halogens is 1. The average Bonchev–Trinajstić information content (AvgIpc) is 2.26. The fourth-order valence-electron chi connectivity index (χ4n) is 1.76. The molecular formula is C13H19ClN2O2. The highest BCUT2D eigenvalue weighted by Gasteiger charge is 2.15. The second-order valence-electron chi connectivity index (χ2n) is 4.76. The molecule has 1 aromatic carbocycles. The lowest BCUT2D eigenvalue weighted by atomic mass is 10.0. The molecule has 1 rings (SSSR count). The van der Waals surface area contributed by atoms with E-state index in [9.17, 15) is 9.90 Å².